The number of rotatable bonds is 2. The third kappa shape index (κ3) is 1.61. The van der Waals surface area contributed by atoms with Crippen molar-refractivity contribution in [3.8, 4) is 0 Å². The Morgan fingerprint density at radius 1 is 1.62 bits per heavy atom. The molecule has 1 saturated carbocycles. The first-order valence-corrected chi connectivity index (χ1v) is 5.52. The van der Waals surface area contributed by atoms with Crippen molar-refractivity contribution >= 4 is 22.6 Å². The molecular weight excluding hydrogens is 279 g/mol. The fraction of sp³-hybridized carbons (Fsp3) is 0.667. The molecule has 0 amide bonds. The van der Waals surface area contributed by atoms with E-state index >= 15 is 0 Å². The first-order valence-electron chi connectivity index (χ1n) is 4.44. The predicted octanol–water partition coefficient (Wildman–Crippen LogP) is 2.15. The number of aromatic nitrogens is 2. The molecule has 13 heavy (non-hydrogen) atoms. The first-order chi connectivity index (χ1) is 6.22. The quantitative estimate of drug-likeness (QED) is 0.781. The monoisotopic (exact) mass is 292 g/mol. The molecule has 0 atom stereocenters. The molecule has 72 valence electrons. The Hall–Kier alpha value is -0.100. The second kappa shape index (κ2) is 3.57. The molecule has 4 heteroatoms. The molecule has 1 aromatic heterocycles. The zero-order chi connectivity index (χ0) is 9.42. The molecule has 0 N–H and O–H groups in total. The zero-order valence-electron chi connectivity index (χ0n) is 7.83. The van der Waals surface area contributed by atoms with Gasteiger partial charge in [0.05, 0.1) is 21.9 Å². The lowest BCUT2D eigenvalue weighted by atomic mass is 9.89. The van der Waals surface area contributed by atoms with Gasteiger partial charge in [0.1, 0.15) is 0 Å². The molecule has 1 heterocycles. The summed E-state index contributed by atoms with van der Waals surface area (Å²) >= 11 is 2.32. The minimum absolute atomic E-state index is 0.450. The van der Waals surface area contributed by atoms with Gasteiger partial charge in [0.15, 0.2) is 0 Å². The van der Waals surface area contributed by atoms with Crippen LogP contribution in [0.5, 0.6) is 0 Å². The Morgan fingerprint density at radius 3 is 2.77 bits per heavy atom. The second-order valence-corrected chi connectivity index (χ2v) is 4.67. The Kier molecular flexibility index (Phi) is 2.60. The van der Waals surface area contributed by atoms with Gasteiger partial charge in [-0.2, -0.15) is 5.10 Å². The van der Waals surface area contributed by atoms with Crippen LogP contribution in [-0.2, 0) is 4.74 Å². The topological polar surface area (TPSA) is 27.1 Å². The second-order valence-electron chi connectivity index (χ2n) is 3.51. The number of hydrogen-bond donors (Lipinski definition) is 0. The van der Waals surface area contributed by atoms with Crippen LogP contribution in [-0.4, -0.2) is 23.0 Å². The molecule has 1 aromatic rings. The van der Waals surface area contributed by atoms with Gasteiger partial charge in [-0.3, -0.25) is 4.68 Å². The normalized spacial score (nSPS) is 27.3. The van der Waals surface area contributed by atoms with Crippen molar-refractivity contribution < 1.29 is 4.74 Å². The lowest BCUT2D eigenvalue weighted by molar-refractivity contribution is 0.00187. The molecule has 1 aliphatic rings. The molecule has 0 aliphatic heterocycles. The summed E-state index contributed by atoms with van der Waals surface area (Å²) in [5.41, 5.74) is 1.28. The van der Waals surface area contributed by atoms with Gasteiger partial charge in [0.2, 0.25) is 0 Å². The predicted molar refractivity (Wildman–Crippen MR) is 58.7 cm³/mol. The van der Waals surface area contributed by atoms with E-state index in [0.717, 1.165) is 12.8 Å². The van der Waals surface area contributed by atoms with E-state index in [1.165, 1.54) is 9.26 Å². The van der Waals surface area contributed by atoms with Gasteiger partial charge in [-0.25, -0.2) is 0 Å². The van der Waals surface area contributed by atoms with Crippen LogP contribution in [0, 0.1) is 10.5 Å². The van der Waals surface area contributed by atoms with Crippen LogP contribution < -0.4 is 0 Å². The molecule has 0 spiro atoms. The highest BCUT2D eigenvalue weighted by atomic mass is 127. The smallest absolute Gasteiger partial charge is 0.0626 e. The number of hydrogen-bond acceptors (Lipinski definition) is 2. The van der Waals surface area contributed by atoms with Gasteiger partial charge in [-0.15, -0.1) is 0 Å². The van der Waals surface area contributed by atoms with E-state index in [2.05, 4.69) is 39.3 Å². The Morgan fingerprint density at radius 2 is 2.31 bits per heavy atom. The number of halogens is 1. The standard InChI is InChI=1S/C9H13IN2O/c1-6-9(10)5-11-12(6)7-3-8(4-7)13-2/h5,7-8H,3-4H2,1-2H3/t7-,8-. The number of nitrogens with zero attached hydrogens (tertiary/aromatic N) is 2. The molecule has 1 aliphatic carbocycles. The molecule has 0 saturated heterocycles. The maximum atomic E-state index is 5.24. The van der Waals surface area contributed by atoms with E-state index in [9.17, 15) is 0 Å². The Balaban J connectivity index is 2.07. The van der Waals surface area contributed by atoms with E-state index in [1.54, 1.807) is 7.11 Å². The third-order valence-corrected chi connectivity index (χ3v) is 3.79. The fourth-order valence-corrected chi connectivity index (χ4v) is 2.07. The summed E-state index contributed by atoms with van der Waals surface area (Å²) in [6.45, 7) is 2.12. The highest BCUT2D eigenvalue weighted by Crippen LogP contribution is 2.34. The van der Waals surface area contributed by atoms with Gasteiger partial charge in [0, 0.05) is 12.8 Å². The van der Waals surface area contributed by atoms with Crippen LogP contribution >= 0.6 is 22.6 Å². The van der Waals surface area contributed by atoms with Crippen molar-refractivity contribution in [2.24, 2.45) is 0 Å². The molecule has 0 unspecified atom stereocenters. The summed E-state index contributed by atoms with van der Waals surface area (Å²) < 4.78 is 8.61. The summed E-state index contributed by atoms with van der Waals surface area (Å²) in [4.78, 5) is 0. The van der Waals surface area contributed by atoms with Crippen LogP contribution in [0.4, 0.5) is 0 Å². The minimum Gasteiger partial charge on any atom is -0.381 e. The summed E-state index contributed by atoms with van der Waals surface area (Å²) in [6.07, 6.45) is 4.59. The van der Waals surface area contributed by atoms with Gasteiger partial charge in [0.25, 0.3) is 0 Å². The van der Waals surface area contributed by atoms with Crippen LogP contribution in [0.1, 0.15) is 24.6 Å². The van der Waals surface area contributed by atoms with Crippen molar-refractivity contribution in [1.29, 1.82) is 0 Å². The molecule has 1 fully saturated rings. The van der Waals surface area contributed by atoms with Crippen molar-refractivity contribution in [1.82, 2.24) is 9.78 Å². The van der Waals surface area contributed by atoms with E-state index in [-0.39, 0.29) is 0 Å². The van der Waals surface area contributed by atoms with Crippen molar-refractivity contribution in [2.45, 2.75) is 31.9 Å². The van der Waals surface area contributed by atoms with E-state index < -0.39 is 0 Å². The molecule has 2 rings (SSSR count). The Labute approximate surface area is 91.6 Å². The van der Waals surface area contributed by atoms with Gasteiger partial charge in [-0.1, -0.05) is 0 Å². The van der Waals surface area contributed by atoms with Crippen LogP contribution in [0.15, 0.2) is 6.20 Å². The van der Waals surface area contributed by atoms with Crippen LogP contribution in [0.25, 0.3) is 0 Å². The average Bonchev–Trinajstić information content (AvgIpc) is 2.34. The summed E-state index contributed by atoms with van der Waals surface area (Å²) in [6, 6.07) is 0.563. The molecule has 3 nitrogen and oxygen atoms in total. The first kappa shape index (κ1) is 9.45. The highest BCUT2D eigenvalue weighted by molar-refractivity contribution is 14.1. The largest absolute Gasteiger partial charge is 0.381 e. The fourth-order valence-electron chi connectivity index (χ4n) is 1.70. The molecular formula is C9H13IN2O. The lowest BCUT2D eigenvalue weighted by Crippen LogP contribution is -2.33. The maximum Gasteiger partial charge on any atom is 0.0626 e. The number of ether oxygens (including phenoxy) is 1. The lowest BCUT2D eigenvalue weighted by Gasteiger charge is -2.34. The average molecular weight is 292 g/mol. The molecule has 0 aromatic carbocycles. The maximum absolute atomic E-state index is 5.24. The van der Waals surface area contributed by atoms with Crippen molar-refractivity contribution in [3.05, 3.63) is 15.5 Å². The molecule has 0 bridgehead atoms. The van der Waals surface area contributed by atoms with Crippen molar-refractivity contribution in [3.63, 3.8) is 0 Å². The summed E-state index contributed by atoms with van der Waals surface area (Å²) in [7, 11) is 1.78. The van der Waals surface area contributed by atoms with Gasteiger partial charge in [-0.05, 0) is 42.4 Å². The van der Waals surface area contributed by atoms with Crippen LogP contribution in [0.3, 0.4) is 0 Å². The van der Waals surface area contributed by atoms with E-state index in [0.29, 0.717) is 12.1 Å². The highest BCUT2D eigenvalue weighted by Gasteiger charge is 2.31. The van der Waals surface area contributed by atoms with Crippen molar-refractivity contribution in [2.75, 3.05) is 7.11 Å². The third-order valence-electron chi connectivity index (χ3n) is 2.73. The van der Waals surface area contributed by atoms with Crippen LogP contribution in [0.2, 0.25) is 0 Å². The van der Waals surface area contributed by atoms with Gasteiger partial charge >= 0.3 is 0 Å². The summed E-state index contributed by atoms with van der Waals surface area (Å²) in [5.74, 6) is 0. The zero-order valence-corrected chi connectivity index (χ0v) is 9.98. The summed E-state index contributed by atoms with van der Waals surface area (Å²) in [5, 5.41) is 4.36. The molecule has 0 radical (unpaired) electrons. The minimum atomic E-state index is 0.450. The SMILES string of the molecule is CO[C@H]1C[C@H](n2ncc(I)c2C)C1. The van der Waals surface area contributed by atoms with Gasteiger partial charge < -0.3 is 4.74 Å². The Bertz CT molecular complexity index is 305. The van der Waals surface area contributed by atoms with E-state index in [1.807, 2.05) is 6.20 Å². The number of methoxy groups -OCH3 is 1. The van der Waals surface area contributed by atoms with E-state index in [4.69, 9.17) is 4.74 Å².